The highest BCUT2D eigenvalue weighted by Gasteiger charge is 2.45. The Balaban J connectivity index is 1.60. The lowest BCUT2D eigenvalue weighted by atomic mass is 9.85. The lowest BCUT2D eigenvalue weighted by Crippen LogP contribution is -2.67. The molecule has 0 saturated carbocycles. The normalized spacial score (nSPS) is 21.9. The van der Waals surface area contributed by atoms with Crippen molar-refractivity contribution in [1.29, 1.82) is 0 Å². The minimum Gasteiger partial charge on any atom is -0.497 e. The monoisotopic (exact) mass is 487 g/mol. The fraction of sp³-hybridized carbons (Fsp3) is 0.714. The van der Waals surface area contributed by atoms with Crippen LogP contribution in [0.1, 0.15) is 53.4 Å². The van der Waals surface area contributed by atoms with Crippen LogP contribution < -0.4 is 14.8 Å². The van der Waals surface area contributed by atoms with E-state index in [1.807, 2.05) is 29.2 Å². The van der Waals surface area contributed by atoms with Crippen molar-refractivity contribution >= 4 is 12.2 Å². The van der Waals surface area contributed by atoms with Gasteiger partial charge in [0.1, 0.15) is 23.3 Å². The molecule has 196 valence electrons. The van der Waals surface area contributed by atoms with Crippen LogP contribution in [0.4, 0.5) is 0 Å². The molecular formula is C28H45N3O4. The maximum Gasteiger partial charge on any atom is 0.240 e. The van der Waals surface area contributed by atoms with E-state index in [0.717, 1.165) is 56.7 Å². The summed E-state index contributed by atoms with van der Waals surface area (Å²) in [5, 5.41) is 3.38. The summed E-state index contributed by atoms with van der Waals surface area (Å²) >= 11 is 0. The van der Waals surface area contributed by atoms with Gasteiger partial charge in [0.2, 0.25) is 5.91 Å². The molecule has 1 aromatic rings. The lowest BCUT2D eigenvalue weighted by molar-refractivity contribution is -0.149. The summed E-state index contributed by atoms with van der Waals surface area (Å²) in [6.45, 7) is 13.0. The summed E-state index contributed by atoms with van der Waals surface area (Å²) in [6.07, 6.45) is 4.61. The van der Waals surface area contributed by atoms with Gasteiger partial charge in [-0.15, -0.1) is 0 Å². The molecule has 2 saturated heterocycles. The molecule has 2 aliphatic rings. The number of hydrogen-bond donors (Lipinski definition) is 1. The van der Waals surface area contributed by atoms with Crippen LogP contribution in [0.3, 0.4) is 0 Å². The van der Waals surface area contributed by atoms with Crippen LogP contribution in [-0.2, 0) is 9.59 Å². The summed E-state index contributed by atoms with van der Waals surface area (Å²) in [6, 6.07) is 7.50. The lowest BCUT2D eigenvalue weighted by Gasteiger charge is -2.48. The number of piperidine rings is 1. The number of nitrogens with one attached hydrogen (secondary N) is 1. The van der Waals surface area contributed by atoms with E-state index in [4.69, 9.17) is 9.47 Å². The molecule has 0 bridgehead atoms. The zero-order chi connectivity index (χ0) is 25.4. The van der Waals surface area contributed by atoms with E-state index in [-0.39, 0.29) is 11.9 Å². The van der Waals surface area contributed by atoms with Crippen molar-refractivity contribution in [2.75, 3.05) is 46.4 Å². The summed E-state index contributed by atoms with van der Waals surface area (Å²) < 4.78 is 11.2. The predicted octanol–water partition coefficient (Wildman–Crippen LogP) is 3.62. The topological polar surface area (TPSA) is 71.1 Å². The Hall–Kier alpha value is -2.12. The maximum absolute atomic E-state index is 13.5. The fourth-order valence-corrected chi connectivity index (χ4v) is 5.53. The molecule has 2 fully saturated rings. The molecule has 0 aliphatic carbocycles. The number of carbonyl (C=O) groups excluding carboxylic acids is 2. The van der Waals surface area contributed by atoms with Gasteiger partial charge in [-0.2, -0.15) is 0 Å². The number of hydrogen-bond acceptors (Lipinski definition) is 6. The first-order valence-corrected chi connectivity index (χ1v) is 13.3. The Bertz CT molecular complexity index is 805. The third-order valence-corrected chi connectivity index (χ3v) is 7.27. The summed E-state index contributed by atoms with van der Waals surface area (Å²) in [5.41, 5.74) is -0.769. The van der Waals surface area contributed by atoms with Gasteiger partial charge in [0.25, 0.3) is 0 Å². The fourth-order valence-electron chi connectivity index (χ4n) is 5.53. The second kappa shape index (κ2) is 12.7. The summed E-state index contributed by atoms with van der Waals surface area (Å²) in [5.74, 6) is 3.00. The van der Waals surface area contributed by atoms with Gasteiger partial charge >= 0.3 is 0 Å². The SMILES string of the molecule is COc1ccc(OCC2CCN(C[C@@](C=O)(CC(C)C)N3CCN[C@@H](CC(C)C)C3=O)CC2)cc1. The van der Waals surface area contributed by atoms with Crippen molar-refractivity contribution in [1.82, 2.24) is 15.1 Å². The van der Waals surface area contributed by atoms with Crippen LogP contribution in [0.25, 0.3) is 0 Å². The van der Waals surface area contributed by atoms with Crippen molar-refractivity contribution in [3.8, 4) is 11.5 Å². The van der Waals surface area contributed by atoms with Gasteiger partial charge in [-0.05, 0) is 80.8 Å². The third-order valence-electron chi connectivity index (χ3n) is 7.27. The number of nitrogens with zero attached hydrogens (tertiary/aromatic N) is 2. The van der Waals surface area contributed by atoms with Gasteiger partial charge in [0, 0.05) is 19.6 Å². The highest BCUT2D eigenvalue weighted by atomic mass is 16.5. The minimum absolute atomic E-state index is 0.0838. The molecular weight excluding hydrogens is 442 g/mol. The average molecular weight is 488 g/mol. The van der Waals surface area contributed by atoms with Crippen molar-refractivity contribution in [3.63, 3.8) is 0 Å². The maximum atomic E-state index is 13.5. The largest absolute Gasteiger partial charge is 0.497 e. The number of carbonyl (C=O) groups is 2. The molecule has 1 aromatic carbocycles. The minimum atomic E-state index is -0.769. The van der Waals surface area contributed by atoms with E-state index < -0.39 is 5.54 Å². The van der Waals surface area contributed by atoms with Crippen LogP contribution in [0, 0.1) is 17.8 Å². The Morgan fingerprint density at radius 3 is 2.29 bits per heavy atom. The van der Waals surface area contributed by atoms with Crippen LogP contribution in [0.5, 0.6) is 11.5 Å². The first-order chi connectivity index (χ1) is 16.8. The van der Waals surface area contributed by atoms with Crippen molar-refractivity contribution < 1.29 is 19.1 Å². The van der Waals surface area contributed by atoms with Gasteiger partial charge in [-0.3, -0.25) is 4.79 Å². The molecule has 0 unspecified atom stereocenters. The van der Waals surface area contributed by atoms with Crippen LogP contribution in [0.15, 0.2) is 24.3 Å². The molecule has 0 aromatic heterocycles. The van der Waals surface area contributed by atoms with E-state index in [1.54, 1.807) is 7.11 Å². The van der Waals surface area contributed by atoms with Crippen LogP contribution >= 0.6 is 0 Å². The highest BCUT2D eigenvalue weighted by molar-refractivity contribution is 5.87. The Kier molecular flexibility index (Phi) is 9.99. The summed E-state index contributed by atoms with van der Waals surface area (Å²) in [4.78, 5) is 30.5. The number of rotatable bonds is 12. The molecule has 1 N–H and O–H groups in total. The molecule has 2 aliphatic heterocycles. The first-order valence-electron chi connectivity index (χ1n) is 13.3. The van der Waals surface area contributed by atoms with E-state index >= 15 is 0 Å². The Morgan fingerprint density at radius 2 is 1.71 bits per heavy atom. The van der Waals surface area contributed by atoms with Gasteiger partial charge in [0.15, 0.2) is 0 Å². The Labute approximate surface area is 211 Å². The molecule has 2 heterocycles. The van der Waals surface area contributed by atoms with Gasteiger partial charge in [0.05, 0.1) is 19.8 Å². The number of likely N-dealkylation sites (tertiary alicyclic amines) is 1. The van der Waals surface area contributed by atoms with E-state index in [2.05, 4.69) is 37.9 Å². The van der Waals surface area contributed by atoms with Crippen molar-refractivity contribution in [2.24, 2.45) is 17.8 Å². The Morgan fingerprint density at radius 1 is 1.06 bits per heavy atom. The quantitative estimate of drug-likeness (QED) is 0.454. The smallest absolute Gasteiger partial charge is 0.240 e. The molecule has 7 heteroatoms. The van der Waals surface area contributed by atoms with Crippen LogP contribution in [-0.4, -0.2) is 80.0 Å². The van der Waals surface area contributed by atoms with E-state index in [0.29, 0.717) is 43.9 Å². The number of benzene rings is 1. The standard InChI is InChI=1S/C28H45N3O4/c1-21(2)16-26-27(33)31(15-12-29-26)28(20-32,17-22(3)4)19-30-13-10-23(11-14-30)18-35-25-8-6-24(34-5)7-9-25/h6-9,20-23,26,29H,10-19H2,1-5H3/t26-,28+/m0/s1. The second-order valence-corrected chi connectivity index (χ2v) is 11.2. The van der Waals surface area contributed by atoms with E-state index in [1.165, 1.54) is 0 Å². The van der Waals surface area contributed by atoms with E-state index in [9.17, 15) is 9.59 Å². The second-order valence-electron chi connectivity index (χ2n) is 11.2. The zero-order valence-corrected chi connectivity index (χ0v) is 22.3. The number of piperazine rings is 1. The molecule has 35 heavy (non-hydrogen) atoms. The van der Waals surface area contributed by atoms with Gasteiger partial charge in [-0.1, -0.05) is 27.7 Å². The number of ether oxygens (including phenoxy) is 2. The van der Waals surface area contributed by atoms with Gasteiger partial charge < -0.3 is 29.4 Å². The molecule has 2 atom stereocenters. The third kappa shape index (κ3) is 7.43. The first kappa shape index (κ1) is 27.5. The van der Waals surface area contributed by atoms with Crippen molar-refractivity contribution in [2.45, 2.75) is 65.0 Å². The number of methoxy groups -OCH3 is 1. The highest BCUT2D eigenvalue weighted by Crippen LogP contribution is 2.29. The molecule has 0 spiro atoms. The number of amides is 1. The predicted molar refractivity (Wildman–Crippen MR) is 139 cm³/mol. The van der Waals surface area contributed by atoms with Gasteiger partial charge in [-0.25, -0.2) is 0 Å². The molecule has 3 rings (SSSR count). The molecule has 1 amide bonds. The average Bonchev–Trinajstić information content (AvgIpc) is 2.84. The zero-order valence-electron chi connectivity index (χ0n) is 22.3. The van der Waals surface area contributed by atoms with Crippen LogP contribution in [0.2, 0.25) is 0 Å². The number of aldehydes is 1. The molecule has 0 radical (unpaired) electrons. The molecule has 7 nitrogen and oxygen atoms in total. The summed E-state index contributed by atoms with van der Waals surface area (Å²) in [7, 11) is 1.66. The van der Waals surface area contributed by atoms with Crippen molar-refractivity contribution in [3.05, 3.63) is 24.3 Å².